The van der Waals surface area contributed by atoms with Gasteiger partial charge in [0, 0.05) is 19.2 Å². The molecular formula is C28H35NO5S2. The van der Waals surface area contributed by atoms with Crippen LogP contribution in [0.4, 0.5) is 0 Å². The fourth-order valence-electron chi connectivity index (χ4n) is 4.70. The van der Waals surface area contributed by atoms with Gasteiger partial charge in [-0.2, -0.15) is 0 Å². The van der Waals surface area contributed by atoms with Crippen molar-refractivity contribution in [3.63, 3.8) is 0 Å². The lowest BCUT2D eigenvalue weighted by atomic mass is 9.91. The SMILES string of the molecule is CN(CCCOc1ccc(CCO)cc1)C1CCC(OC(=O)C(O)(c2cccs2)c2cccs2)CC1. The smallest absolute Gasteiger partial charge is 0.349 e. The van der Waals surface area contributed by atoms with Crippen molar-refractivity contribution in [3.8, 4) is 5.75 Å². The van der Waals surface area contributed by atoms with Gasteiger partial charge in [-0.15, -0.1) is 22.7 Å². The minimum atomic E-state index is -1.74. The first-order valence-electron chi connectivity index (χ1n) is 12.5. The van der Waals surface area contributed by atoms with E-state index in [1.54, 1.807) is 12.1 Å². The highest BCUT2D eigenvalue weighted by atomic mass is 32.1. The highest BCUT2D eigenvalue weighted by Gasteiger charge is 2.45. The molecule has 8 heteroatoms. The number of nitrogens with zero attached hydrogens (tertiary/aromatic N) is 1. The fourth-order valence-corrected chi connectivity index (χ4v) is 6.41. The van der Waals surface area contributed by atoms with Crippen molar-refractivity contribution < 1.29 is 24.5 Å². The van der Waals surface area contributed by atoms with Crippen molar-refractivity contribution in [1.29, 1.82) is 0 Å². The Labute approximate surface area is 221 Å². The summed E-state index contributed by atoms with van der Waals surface area (Å²) in [5, 5.41) is 24.2. The molecule has 0 spiro atoms. The van der Waals surface area contributed by atoms with Gasteiger partial charge in [-0.05, 0) is 86.2 Å². The molecule has 1 aromatic carbocycles. The number of ether oxygens (including phenoxy) is 2. The van der Waals surface area contributed by atoms with Crippen LogP contribution in [0.5, 0.6) is 5.75 Å². The Bertz CT molecular complexity index is 1010. The Morgan fingerprint density at radius 1 is 1.03 bits per heavy atom. The summed E-state index contributed by atoms with van der Waals surface area (Å²) in [6.45, 7) is 1.75. The van der Waals surface area contributed by atoms with E-state index in [-0.39, 0.29) is 12.7 Å². The summed E-state index contributed by atoms with van der Waals surface area (Å²) in [5.41, 5.74) is -0.636. The zero-order valence-corrected chi connectivity index (χ0v) is 22.3. The number of carbonyl (C=O) groups is 1. The quantitative estimate of drug-likeness (QED) is 0.258. The minimum Gasteiger partial charge on any atom is -0.494 e. The van der Waals surface area contributed by atoms with Gasteiger partial charge in [-0.1, -0.05) is 24.3 Å². The Kier molecular flexibility index (Phi) is 9.56. The van der Waals surface area contributed by atoms with Crippen LogP contribution in [0.1, 0.15) is 47.4 Å². The van der Waals surface area contributed by atoms with Crippen LogP contribution < -0.4 is 4.74 Å². The van der Waals surface area contributed by atoms with E-state index in [9.17, 15) is 9.90 Å². The highest BCUT2D eigenvalue weighted by molar-refractivity contribution is 7.12. The molecule has 4 rings (SSSR count). The first kappa shape index (κ1) is 26.8. The van der Waals surface area contributed by atoms with Crippen molar-refractivity contribution in [2.24, 2.45) is 0 Å². The Morgan fingerprint density at radius 3 is 2.22 bits per heavy atom. The summed E-state index contributed by atoms with van der Waals surface area (Å²) < 4.78 is 11.7. The predicted molar refractivity (Wildman–Crippen MR) is 144 cm³/mol. The van der Waals surface area contributed by atoms with E-state index in [1.165, 1.54) is 22.7 Å². The summed E-state index contributed by atoms with van der Waals surface area (Å²) in [7, 11) is 2.15. The molecule has 0 unspecified atom stereocenters. The fraction of sp³-hybridized carbons (Fsp3) is 0.464. The molecule has 0 saturated heterocycles. The monoisotopic (exact) mass is 529 g/mol. The summed E-state index contributed by atoms with van der Waals surface area (Å²) in [5.74, 6) is 0.275. The number of esters is 1. The summed E-state index contributed by atoms with van der Waals surface area (Å²) in [4.78, 5) is 16.7. The maximum absolute atomic E-state index is 13.2. The molecule has 2 aromatic heterocycles. The Morgan fingerprint density at radius 2 is 1.67 bits per heavy atom. The highest BCUT2D eigenvalue weighted by Crippen LogP contribution is 2.38. The van der Waals surface area contributed by atoms with Crippen molar-refractivity contribution >= 4 is 28.6 Å². The summed E-state index contributed by atoms with van der Waals surface area (Å²) in [6, 6.07) is 15.6. The number of rotatable bonds is 12. The van der Waals surface area contributed by atoms with Crippen LogP contribution in [-0.4, -0.2) is 60.0 Å². The standard InChI is InChI=1S/C28H35NO5S2/c1-29(16-4-18-33-23-11-7-21(8-12-23)15-17-30)22-9-13-24(14-10-22)34-27(31)28(32,25-5-2-19-35-25)26-6-3-20-36-26/h2-3,5-8,11-12,19-20,22,24,30,32H,4,9-10,13-18H2,1H3. The van der Waals surface area contributed by atoms with Crippen LogP contribution in [0.2, 0.25) is 0 Å². The zero-order valence-electron chi connectivity index (χ0n) is 20.7. The van der Waals surface area contributed by atoms with E-state index in [2.05, 4.69) is 11.9 Å². The van der Waals surface area contributed by atoms with Gasteiger partial charge < -0.3 is 24.6 Å². The molecule has 3 aromatic rings. The molecule has 2 N–H and O–H groups in total. The van der Waals surface area contributed by atoms with Gasteiger partial charge in [0.2, 0.25) is 5.60 Å². The number of hydrogen-bond acceptors (Lipinski definition) is 8. The number of aliphatic hydroxyl groups excluding tert-OH is 1. The lowest BCUT2D eigenvalue weighted by Gasteiger charge is -2.35. The van der Waals surface area contributed by atoms with Gasteiger partial charge in [0.25, 0.3) is 0 Å². The maximum atomic E-state index is 13.2. The van der Waals surface area contributed by atoms with Crippen LogP contribution in [-0.2, 0) is 21.6 Å². The molecule has 2 heterocycles. The van der Waals surface area contributed by atoms with E-state index < -0.39 is 11.6 Å². The molecular weight excluding hydrogens is 494 g/mol. The van der Waals surface area contributed by atoms with Gasteiger partial charge in [-0.3, -0.25) is 0 Å². The third-order valence-electron chi connectivity index (χ3n) is 6.84. The van der Waals surface area contributed by atoms with E-state index in [0.717, 1.165) is 50.0 Å². The van der Waals surface area contributed by atoms with Gasteiger partial charge in [0.15, 0.2) is 0 Å². The molecule has 1 saturated carbocycles. The van der Waals surface area contributed by atoms with Crippen molar-refractivity contribution in [3.05, 3.63) is 74.6 Å². The van der Waals surface area contributed by atoms with Crippen LogP contribution in [0.25, 0.3) is 0 Å². The van der Waals surface area contributed by atoms with Crippen molar-refractivity contribution in [1.82, 2.24) is 4.90 Å². The Balaban J connectivity index is 1.20. The molecule has 0 atom stereocenters. The predicted octanol–water partition coefficient (Wildman–Crippen LogP) is 4.84. The van der Waals surface area contributed by atoms with Crippen LogP contribution >= 0.6 is 22.7 Å². The van der Waals surface area contributed by atoms with Gasteiger partial charge in [0.05, 0.1) is 16.4 Å². The lowest BCUT2D eigenvalue weighted by Crippen LogP contribution is -2.42. The van der Waals surface area contributed by atoms with Gasteiger partial charge in [-0.25, -0.2) is 4.79 Å². The maximum Gasteiger partial charge on any atom is 0.349 e. The number of hydrogen-bond donors (Lipinski definition) is 2. The topological polar surface area (TPSA) is 79.2 Å². The third-order valence-corrected chi connectivity index (χ3v) is 8.80. The second kappa shape index (κ2) is 12.8. The molecule has 0 bridgehead atoms. The minimum absolute atomic E-state index is 0.156. The molecule has 194 valence electrons. The second-order valence-electron chi connectivity index (χ2n) is 9.30. The van der Waals surface area contributed by atoms with Crippen LogP contribution in [0.3, 0.4) is 0 Å². The molecule has 1 fully saturated rings. The zero-order chi connectivity index (χ0) is 25.4. The summed E-state index contributed by atoms with van der Waals surface area (Å²) in [6.07, 6.45) is 4.92. The first-order chi connectivity index (χ1) is 17.5. The van der Waals surface area contributed by atoms with E-state index in [1.807, 2.05) is 47.2 Å². The van der Waals surface area contributed by atoms with Crippen molar-refractivity contribution in [2.75, 3.05) is 26.8 Å². The van der Waals surface area contributed by atoms with E-state index >= 15 is 0 Å². The number of benzene rings is 1. The first-order valence-corrected chi connectivity index (χ1v) is 14.3. The molecule has 1 aliphatic carbocycles. The number of aliphatic hydroxyl groups is 2. The molecule has 36 heavy (non-hydrogen) atoms. The molecule has 1 aliphatic rings. The molecule has 0 radical (unpaired) electrons. The average Bonchev–Trinajstić information content (AvgIpc) is 3.63. The van der Waals surface area contributed by atoms with Gasteiger partial charge in [0.1, 0.15) is 11.9 Å². The largest absolute Gasteiger partial charge is 0.494 e. The Hall–Kier alpha value is -2.23. The normalized spacial score (nSPS) is 18.3. The third kappa shape index (κ3) is 6.55. The lowest BCUT2D eigenvalue weighted by molar-refractivity contribution is -0.169. The van der Waals surface area contributed by atoms with Crippen molar-refractivity contribution in [2.45, 2.75) is 56.3 Å². The van der Waals surface area contributed by atoms with Crippen LogP contribution in [0, 0.1) is 0 Å². The molecule has 0 aliphatic heterocycles. The van der Waals surface area contributed by atoms with E-state index in [0.29, 0.717) is 28.8 Å². The number of carbonyl (C=O) groups excluding carboxylic acids is 1. The molecule has 6 nitrogen and oxygen atoms in total. The number of thiophene rings is 2. The molecule has 0 amide bonds. The van der Waals surface area contributed by atoms with Gasteiger partial charge >= 0.3 is 5.97 Å². The van der Waals surface area contributed by atoms with E-state index in [4.69, 9.17) is 14.6 Å². The summed E-state index contributed by atoms with van der Waals surface area (Å²) >= 11 is 2.73. The van der Waals surface area contributed by atoms with Crippen LogP contribution in [0.15, 0.2) is 59.3 Å². The second-order valence-corrected chi connectivity index (χ2v) is 11.2. The average molecular weight is 530 g/mol.